The lowest BCUT2D eigenvalue weighted by Crippen LogP contribution is -2.32. The summed E-state index contributed by atoms with van der Waals surface area (Å²) < 4.78 is 27.7. The van der Waals surface area contributed by atoms with Crippen molar-refractivity contribution in [3.8, 4) is 0 Å². The molecule has 0 saturated carbocycles. The second-order valence-electron chi connectivity index (χ2n) is 6.22. The Hall–Kier alpha value is -0.990. The molecule has 1 aliphatic heterocycles. The highest BCUT2D eigenvalue weighted by atomic mass is 32.2. The van der Waals surface area contributed by atoms with Crippen molar-refractivity contribution in [1.82, 2.24) is 24.2 Å². The Morgan fingerprint density at radius 3 is 2.73 bits per heavy atom. The molecule has 8 heteroatoms. The second kappa shape index (κ2) is 7.52. The standard InChI is InChI=1S/C14H27N5O2S/c1-4-5-6-7-8-18-9-13(15-16-18)10-19-11-14(17(2)3)12-22(19,20)21/h9,14H,4-8,10-12H2,1-3H3. The van der Waals surface area contributed by atoms with E-state index in [-0.39, 0.29) is 11.8 Å². The first-order chi connectivity index (χ1) is 10.4. The summed E-state index contributed by atoms with van der Waals surface area (Å²) in [4.78, 5) is 1.96. The van der Waals surface area contributed by atoms with E-state index in [0.717, 1.165) is 18.7 Å². The summed E-state index contributed by atoms with van der Waals surface area (Å²) in [6, 6.07) is 0.0501. The molecule has 7 nitrogen and oxygen atoms in total. The predicted molar refractivity (Wildman–Crippen MR) is 85.8 cm³/mol. The lowest BCUT2D eigenvalue weighted by molar-refractivity contribution is 0.284. The van der Waals surface area contributed by atoms with Gasteiger partial charge in [0, 0.05) is 25.3 Å². The molecule has 0 bridgehead atoms. The quantitative estimate of drug-likeness (QED) is 0.664. The molecule has 2 heterocycles. The number of aromatic nitrogens is 3. The third-order valence-corrected chi connectivity index (χ3v) is 5.98. The normalized spacial score (nSPS) is 21.7. The molecule has 1 aromatic rings. The summed E-state index contributed by atoms with van der Waals surface area (Å²) in [5, 5.41) is 8.20. The van der Waals surface area contributed by atoms with Gasteiger partial charge >= 0.3 is 0 Å². The summed E-state index contributed by atoms with van der Waals surface area (Å²) in [7, 11) is 0.646. The van der Waals surface area contributed by atoms with Crippen LogP contribution >= 0.6 is 0 Å². The number of rotatable bonds is 8. The van der Waals surface area contributed by atoms with Crippen LogP contribution in [0.15, 0.2) is 6.20 Å². The van der Waals surface area contributed by atoms with Crippen LogP contribution in [-0.2, 0) is 23.1 Å². The molecule has 2 rings (SSSR count). The topological polar surface area (TPSA) is 71.3 Å². The predicted octanol–water partition coefficient (Wildman–Crippen LogP) is 0.934. The van der Waals surface area contributed by atoms with Gasteiger partial charge in [0.25, 0.3) is 0 Å². The number of aryl methyl sites for hydroxylation is 1. The van der Waals surface area contributed by atoms with Gasteiger partial charge in [-0.3, -0.25) is 4.68 Å². The maximum atomic E-state index is 12.2. The monoisotopic (exact) mass is 329 g/mol. The average Bonchev–Trinajstić information content (AvgIpc) is 3.00. The van der Waals surface area contributed by atoms with Crippen molar-refractivity contribution in [2.24, 2.45) is 0 Å². The Morgan fingerprint density at radius 2 is 2.09 bits per heavy atom. The lowest BCUT2D eigenvalue weighted by atomic mass is 10.2. The molecule has 0 amide bonds. The molecule has 1 unspecified atom stereocenters. The molecule has 1 saturated heterocycles. The van der Waals surface area contributed by atoms with E-state index in [1.807, 2.05) is 29.9 Å². The van der Waals surface area contributed by atoms with Crippen LogP contribution in [0.1, 0.15) is 38.3 Å². The van der Waals surface area contributed by atoms with Gasteiger partial charge in [0.05, 0.1) is 18.0 Å². The molecule has 0 aromatic carbocycles. The first kappa shape index (κ1) is 17.4. The van der Waals surface area contributed by atoms with Crippen molar-refractivity contribution in [2.75, 3.05) is 26.4 Å². The van der Waals surface area contributed by atoms with Gasteiger partial charge in [-0.2, -0.15) is 4.31 Å². The van der Waals surface area contributed by atoms with E-state index in [0.29, 0.717) is 13.1 Å². The summed E-state index contributed by atoms with van der Waals surface area (Å²) in [5.74, 6) is 0.186. The van der Waals surface area contributed by atoms with E-state index in [2.05, 4.69) is 17.2 Å². The van der Waals surface area contributed by atoms with Gasteiger partial charge in [-0.05, 0) is 20.5 Å². The van der Waals surface area contributed by atoms with Gasteiger partial charge in [0.1, 0.15) is 0 Å². The van der Waals surface area contributed by atoms with Crippen molar-refractivity contribution in [2.45, 2.75) is 51.7 Å². The van der Waals surface area contributed by atoms with Gasteiger partial charge in [0.2, 0.25) is 10.0 Å². The first-order valence-corrected chi connectivity index (χ1v) is 9.56. The van der Waals surface area contributed by atoms with Gasteiger partial charge in [0.15, 0.2) is 0 Å². The van der Waals surface area contributed by atoms with Crippen molar-refractivity contribution in [3.05, 3.63) is 11.9 Å². The van der Waals surface area contributed by atoms with Crippen LogP contribution in [-0.4, -0.2) is 65.1 Å². The van der Waals surface area contributed by atoms with E-state index < -0.39 is 10.0 Å². The molecule has 1 aromatic heterocycles. The molecule has 126 valence electrons. The minimum Gasteiger partial charge on any atom is -0.304 e. The van der Waals surface area contributed by atoms with Crippen LogP contribution in [0.3, 0.4) is 0 Å². The number of hydrogen-bond acceptors (Lipinski definition) is 5. The average molecular weight is 329 g/mol. The highest BCUT2D eigenvalue weighted by molar-refractivity contribution is 7.89. The summed E-state index contributed by atoms with van der Waals surface area (Å²) in [6.07, 6.45) is 6.59. The number of nitrogens with zero attached hydrogens (tertiary/aromatic N) is 5. The van der Waals surface area contributed by atoms with Crippen LogP contribution in [0.5, 0.6) is 0 Å². The third kappa shape index (κ3) is 4.50. The number of hydrogen-bond donors (Lipinski definition) is 0. The zero-order valence-electron chi connectivity index (χ0n) is 13.8. The largest absolute Gasteiger partial charge is 0.304 e. The Bertz CT molecular complexity index is 570. The summed E-state index contributed by atoms with van der Waals surface area (Å²) in [6.45, 7) is 3.88. The molecule has 0 spiro atoms. The Morgan fingerprint density at radius 1 is 1.32 bits per heavy atom. The molecule has 0 N–H and O–H groups in total. The zero-order chi connectivity index (χ0) is 16.2. The van der Waals surface area contributed by atoms with Gasteiger partial charge in [-0.1, -0.05) is 31.4 Å². The van der Waals surface area contributed by atoms with Crippen LogP contribution in [0, 0.1) is 0 Å². The maximum Gasteiger partial charge on any atom is 0.216 e. The highest BCUT2D eigenvalue weighted by Gasteiger charge is 2.37. The second-order valence-corrected chi connectivity index (χ2v) is 8.24. The zero-order valence-corrected chi connectivity index (χ0v) is 14.6. The summed E-state index contributed by atoms with van der Waals surface area (Å²) >= 11 is 0. The molecule has 22 heavy (non-hydrogen) atoms. The van der Waals surface area contributed by atoms with Gasteiger partial charge in [-0.25, -0.2) is 8.42 Å². The van der Waals surface area contributed by atoms with Crippen molar-refractivity contribution < 1.29 is 8.42 Å². The smallest absolute Gasteiger partial charge is 0.216 e. The van der Waals surface area contributed by atoms with Crippen molar-refractivity contribution in [1.29, 1.82) is 0 Å². The van der Waals surface area contributed by atoms with Crippen molar-refractivity contribution >= 4 is 10.0 Å². The highest BCUT2D eigenvalue weighted by Crippen LogP contribution is 2.19. The molecule has 1 atom stereocenters. The molecule has 0 radical (unpaired) electrons. The number of unbranched alkanes of at least 4 members (excludes halogenated alkanes) is 3. The lowest BCUT2D eigenvalue weighted by Gasteiger charge is -2.17. The first-order valence-electron chi connectivity index (χ1n) is 7.95. The fourth-order valence-electron chi connectivity index (χ4n) is 2.63. The van der Waals surface area contributed by atoms with Crippen molar-refractivity contribution in [3.63, 3.8) is 0 Å². The van der Waals surface area contributed by atoms with Crippen LogP contribution in [0.2, 0.25) is 0 Å². The number of likely N-dealkylation sites (N-methyl/N-ethyl adjacent to an activating group) is 1. The molecule has 1 fully saturated rings. The molecule has 0 aliphatic carbocycles. The molecular weight excluding hydrogens is 302 g/mol. The van der Waals surface area contributed by atoms with Crippen LogP contribution in [0.25, 0.3) is 0 Å². The maximum absolute atomic E-state index is 12.2. The minimum absolute atomic E-state index is 0.0501. The fraction of sp³-hybridized carbons (Fsp3) is 0.857. The molecule has 1 aliphatic rings. The van der Waals surface area contributed by atoms with Gasteiger partial charge < -0.3 is 4.90 Å². The Kier molecular flexibility index (Phi) is 5.94. The Balaban J connectivity index is 1.90. The van der Waals surface area contributed by atoms with E-state index in [4.69, 9.17) is 0 Å². The third-order valence-electron chi connectivity index (χ3n) is 4.11. The number of sulfonamides is 1. The minimum atomic E-state index is -3.18. The van der Waals surface area contributed by atoms with E-state index in [9.17, 15) is 8.42 Å². The van der Waals surface area contributed by atoms with E-state index in [1.165, 1.54) is 23.6 Å². The van der Waals surface area contributed by atoms with E-state index in [1.54, 1.807) is 0 Å². The summed E-state index contributed by atoms with van der Waals surface area (Å²) in [5.41, 5.74) is 0.721. The van der Waals surface area contributed by atoms with Crippen LogP contribution < -0.4 is 0 Å². The fourth-order valence-corrected chi connectivity index (χ4v) is 4.46. The van der Waals surface area contributed by atoms with Crippen LogP contribution in [0.4, 0.5) is 0 Å². The van der Waals surface area contributed by atoms with E-state index >= 15 is 0 Å². The Labute approximate surface area is 133 Å². The molecular formula is C14H27N5O2S. The van der Waals surface area contributed by atoms with Gasteiger partial charge in [-0.15, -0.1) is 5.10 Å². The SMILES string of the molecule is CCCCCCn1cc(CN2CC(N(C)C)CS2(=O)=O)nn1.